The summed E-state index contributed by atoms with van der Waals surface area (Å²) in [5, 5.41) is 0. The number of nitrogens with zero attached hydrogens (tertiary/aromatic N) is 2. The fourth-order valence-corrected chi connectivity index (χ4v) is 3.84. The Hall–Kier alpha value is -1.89. The molecule has 7 heteroatoms. The van der Waals surface area contributed by atoms with E-state index in [-0.39, 0.29) is 5.91 Å². The highest BCUT2D eigenvalue weighted by Gasteiger charge is 2.20. The first kappa shape index (κ1) is 17.0. The molecule has 3 aromatic rings. The minimum Gasteiger partial charge on any atom is -0.336 e. The maximum Gasteiger partial charge on any atom is 0.272 e. The van der Waals surface area contributed by atoms with Gasteiger partial charge in [0.25, 0.3) is 5.91 Å². The molecule has 24 heavy (non-hydrogen) atoms. The summed E-state index contributed by atoms with van der Waals surface area (Å²) in [6, 6.07) is 13.4. The Balaban J connectivity index is 1.93. The van der Waals surface area contributed by atoms with Gasteiger partial charge in [-0.3, -0.25) is 9.36 Å². The third kappa shape index (κ3) is 3.45. The Morgan fingerprint density at radius 2 is 2.04 bits per heavy atom. The largest absolute Gasteiger partial charge is 0.336 e. The Morgan fingerprint density at radius 1 is 1.29 bits per heavy atom. The van der Waals surface area contributed by atoms with Gasteiger partial charge < -0.3 is 9.88 Å². The van der Waals surface area contributed by atoms with Crippen molar-refractivity contribution < 1.29 is 4.79 Å². The molecule has 124 valence electrons. The van der Waals surface area contributed by atoms with E-state index in [1.807, 2.05) is 49.4 Å². The molecule has 0 saturated heterocycles. The smallest absolute Gasteiger partial charge is 0.272 e. The van der Waals surface area contributed by atoms with Crippen molar-refractivity contribution in [3.05, 3.63) is 68.3 Å². The second-order valence-corrected chi connectivity index (χ2v) is 7.36. The molecule has 1 N–H and O–H groups in total. The van der Waals surface area contributed by atoms with E-state index >= 15 is 0 Å². The van der Waals surface area contributed by atoms with Gasteiger partial charge in [-0.05, 0) is 43.4 Å². The highest BCUT2D eigenvalue weighted by Crippen LogP contribution is 2.23. The summed E-state index contributed by atoms with van der Waals surface area (Å²) >= 11 is 12.8. The summed E-state index contributed by atoms with van der Waals surface area (Å²) in [6.07, 6.45) is 1.67. The first-order chi connectivity index (χ1) is 11.6. The lowest BCUT2D eigenvalue weighted by Gasteiger charge is -2.20. The number of aromatic nitrogens is 2. The Bertz CT molecular complexity index is 898. The molecule has 4 nitrogen and oxygen atoms in total. The number of aromatic amines is 1. The van der Waals surface area contributed by atoms with Crippen molar-refractivity contribution in [3.8, 4) is 5.69 Å². The number of H-pyrrole nitrogens is 1. The fraction of sp³-hybridized carbons (Fsp3) is 0.176. The third-order valence-corrected chi connectivity index (χ3v) is 5.17. The second-order valence-electron chi connectivity index (χ2n) is 5.18. The summed E-state index contributed by atoms with van der Waals surface area (Å²) in [4.78, 5) is 18.8. The van der Waals surface area contributed by atoms with Crippen LogP contribution in [-0.2, 0) is 6.54 Å². The van der Waals surface area contributed by atoms with Crippen molar-refractivity contribution in [1.29, 1.82) is 0 Å². The molecule has 1 aromatic carbocycles. The van der Waals surface area contributed by atoms with E-state index < -0.39 is 0 Å². The molecule has 0 spiro atoms. The molecule has 0 atom stereocenters. The van der Waals surface area contributed by atoms with E-state index in [9.17, 15) is 4.79 Å². The van der Waals surface area contributed by atoms with E-state index in [1.54, 1.807) is 15.7 Å². The average molecular weight is 378 g/mol. The van der Waals surface area contributed by atoms with Crippen molar-refractivity contribution in [3.63, 3.8) is 0 Å². The van der Waals surface area contributed by atoms with E-state index in [1.165, 1.54) is 11.3 Å². The normalized spacial score (nSPS) is 10.8. The minimum atomic E-state index is -0.0711. The predicted octanol–water partition coefficient (Wildman–Crippen LogP) is 4.91. The zero-order valence-electron chi connectivity index (χ0n) is 13.0. The maximum absolute atomic E-state index is 13.0. The monoisotopic (exact) mass is 377 g/mol. The van der Waals surface area contributed by atoms with Crippen LogP contribution in [0.2, 0.25) is 4.34 Å². The van der Waals surface area contributed by atoms with Crippen LogP contribution in [0.25, 0.3) is 5.69 Å². The molecule has 0 radical (unpaired) electrons. The van der Waals surface area contributed by atoms with Gasteiger partial charge >= 0.3 is 0 Å². The van der Waals surface area contributed by atoms with Crippen molar-refractivity contribution in [2.24, 2.45) is 0 Å². The number of amides is 1. The van der Waals surface area contributed by atoms with Gasteiger partial charge in [-0.25, -0.2) is 0 Å². The SMILES string of the molecule is CCN(Cc1ccc(Cl)s1)C(=O)c1c[nH]c(=S)n1-c1ccccc1. The number of carbonyl (C=O) groups excluding carboxylic acids is 1. The van der Waals surface area contributed by atoms with Crippen molar-refractivity contribution >= 4 is 41.1 Å². The average Bonchev–Trinajstić information content (AvgIpc) is 3.18. The van der Waals surface area contributed by atoms with Gasteiger partial charge in [0.1, 0.15) is 5.69 Å². The molecular weight excluding hydrogens is 362 g/mol. The van der Waals surface area contributed by atoms with Crippen LogP contribution in [0.4, 0.5) is 0 Å². The van der Waals surface area contributed by atoms with Gasteiger partial charge in [-0.2, -0.15) is 0 Å². The molecule has 0 aliphatic heterocycles. The molecule has 1 amide bonds. The maximum atomic E-state index is 13.0. The molecule has 0 fully saturated rings. The molecule has 0 aliphatic rings. The number of benzene rings is 1. The first-order valence-corrected chi connectivity index (χ1v) is 9.09. The molecule has 0 aliphatic carbocycles. The standard InChI is InChI=1S/C17H16ClN3OS2/c1-2-20(11-13-8-9-15(18)24-13)16(22)14-10-19-17(23)21(14)12-6-4-3-5-7-12/h3-10H,2,11H2,1H3,(H,19,23). The molecule has 0 bridgehead atoms. The lowest BCUT2D eigenvalue weighted by Crippen LogP contribution is -2.31. The quantitative estimate of drug-likeness (QED) is 0.641. The summed E-state index contributed by atoms with van der Waals surface area (Å²) in [5.74, 6) is -0.0711. The fourth-order valence-electron chi connectivity index (χ4n) is 2.47. The molecule has 0 saturated carbocycles. The van der Waals surface area contributed by atoms with Crippen LogP contribution in [0.15, 0.2) is 48.7 Å². The number of halogens is 1. The Kier molecular flexibility index (Phi) is 5.18. The molecule has 3 rings (SSSR count). The number of nitrogens with one attached hydrogen (secondary N) is 1. The van der Waals surface area contributed by atoms with E-state index in [4.69, 9.17) is 23.8 Å². The van der Waals surface area contributed by atoms with Crippen LogP contribution in [0, 0.1) is 4.77 Å². The number of hydrogen-bond acceptors (Lipinski definition) is 3. The van der Waals surface area contributed by atoms with Gasteiger partial charge in [0.05, 0.1) is 10.9 Å². The lowest BCUT2D eigenvalue weighted by atomic mass is 10.3. The van der Waals surface area contributed by atoms with Crippen LogP contribution in [0.3, 0.4) is 0 Å². The zero-order valence-corrected chi connectivity index (χ0v) is 15.4. The summed E-state index contributed by atoms with van der Waals surface area (Å²) < 4.78 is 2.99. The van der Waals surface area contributed by atoms with Gasteiger partial charge in [-0.15, -0.1) is 11.3 Å². The van der Waals surface area contributed by atoms with Crippen LogP contribution in [0.5, 0.6) is 0 Å². The predicted molar refractivity (Wildman–Crippen MR) is 101 cm³/mol. The van der Waals surface area contributed by atoms with Crippen LogP contribution in [0.1, 0.15) is 22.3 Å². The van der Waals surface area contributed by atoms with E-state index in [0.29, 0.717) is 23.6 Å². The zero-order chi connectivity index (χ0) is 17.1. The van der Waals surface area contributed by atoms with Gasteiger partial charge in [-0.1, -0.05) is 29.8 Å². The van der Waals surface area contributed by atoms with Crippen molar-refractivity contribution in [2.75, 3.05) is 6.54 Å². The molecule has 0 unspecified atom stereocenters. The second kappa shape index (κ2) is 7.34. The lowest BCUT2D eigenvalue weighted by molar-refractivity contribution is 0.0746. The number of imidazole rings is 1. The van der Waals surface area contributed by atoms with Crippen molar-refractivity contribution in [2.45, 2.75) is 13.5 Å². The number of hydrogen-bond donors (Lipinski definition) is 1. The Labute approximate surface area is 154 Å². The number of thiophene rings is 1. The molecule has 2 heterocycles. The van der Waals surface area contributed by atoms with Gasteiger partial charge in [0.15, 0.2) is 4.77 Å². The highest BCUT2D eigenvalue weighted by molar-refractivity contribution is 7.71. The van der Waals surface area contributed by atoms with Crippen LogP contribution >= 0.6 is 35.2 Å². The van der Waals surface area contributed by atoms with E-state index in [2.05, 4.69) is 4.98 Å². The summed E-state index contributed by atoms with van der Waals surface area (Å²) in [7, 11) is 0. The molecule has 2 aromatic heterocycles. The number of rotatable bonds is 5. The molecular formula is C17H16ClN3OS2. The third-order valence-electron chi connectivity index (χ3n) is 3.65. The highest BCUT2D eigenvalue weighted by atomic mass is 35.5. The van der Waals surface area contributed by atoms with Crippen molar-refractivity contribution in [1.82, 2.24) is 14.5 Å². The number of carbonyl (C=O) groups is 1. The van der Waals surface area contributed by atoms with Gasteiger partial charge in [0, 0.05) is 23.3 Å². The minimum absolute atomic E-state index is 0.0711. The van der Waals surface area contributed by atoms with Gasteiger partial charge in [0.2, 0.25) is 0 Å². The van der Waals surface area contributed by atoms with Crippen LogP contribution < -0.4 is 0 Å². The number of para-hydroxylation sites is 1. The summed E-state index contributed by atoms with van der Waals surface area (Å²) in [5.41, 5.74) is 1.39. The topological polar surface area (TPSA) is 41.0 Å². The summed E-state index contributed by atoms with van der Waals surface area (Å²) in [6.45, 7) is 3.09. The Morgan fingerprint density at radius 3 is 2.67 bits per heavy atom. The van der Waals surface area contributed by atoms with E-state index in [0.717, 1.165) is 14.9 Å². The van der Waals surface area contributed by atoms with Crippen LogP contribution in [-0.4, -0.2) is 26.9 Å². The first-order valence-electron chi connectivity index (χ1n) is 7.49.